The number of methoxy groups -OCH3 is 2. The Labute approximate surface area is 156 Å². The Morgan fingerprint density at radius 2 is 1.78 bits per heavy atom. The van der Waals surface area contributed by atoms with Crippen LogP contribution in [0, 0.1) is 0 Å². The van der Waals surface area contributed by atoms with Crippen LogP contribution in [-0.4, -0.2) is 40.0 Å². The van der Waals surface area contributed by atoms with Gasteiger partial charge in [0.25, 0.3) is 0 Å². The van der Waals surface area contributed by atoms with E-state index >= 15 is 0 Å². The highest BCUT2D eigenvalue weighted by Gasteiger charge is 2.25. The Hall–Kier alpha value is -3.00. The van der Waals surface area contributed by atoms with Crippen molar-refractivity contribution in [1.82, 2.24) is 0 Å². The summed E-state index contributed by atoms with van der Waals surface area (Å²) in [6.07, 6.45) is 0.876. The first-order valence-electron chi connectivity index (χ1n) is 7.94. The highest BCUT2D eigenvalue weighted by molar-refractivity contribution is 7.91. The number of ether oxygens (including phenoxy) is 2. The molecule has 0 radical (unpaired) electrons. The van der Waals surface area contributed by atoms with E-state index < -0.39 is 15.8 Å². The van der Waals surface area contributed by atoms with Crippen molar-refractivity contribution in [2.24, 2.45) is 0 Å². The first-order chi connectivity index (χ1) is 12.7. The molecule has 0 bridgehead atoms. The minimum Gasteiger partial charge on any atom is -0.493 e. The molecule has 1 N–H and O–H groups in total. The number of carbonyl (C=O) groups is 1. The van der Waals surface area contributed by atoms with Gasteiger partial charge in [-0.1, -0.05) is 6.07 Å². The first kappa shape index (κ1) is 18.8. The number of carboxylic acids is 1. The molecule has 0 aliphatic carbocycles. The van der Waals surface area contributed by atoms with Crippen molar-refractivity contribution in [1.29, 1.82) is 0 Å². The van der Waals surface area contributed by atoms with Gasteiger partial charge in [0.05, 0.1) is 20.6 Å². The smallest absolute Gasteiger partial charge is 0.307 e. The first-order valence-corrected chi connectivity index (χ1v) is 9.83. The molecule has 3 rings (SSSR count). The summed E-state index contributed by atoms with van der Waals surface area (Å²) < 4.78 is 41.3. The zero-order chi connectivity index (χ0) is 19.8. The lowest BCUT2D eigenvalue weighted by Gasteiger charge is -2.09. The third kappa shape index (κ3) is 3.61. The summed E-state index contributed by atoms with van der Waals surface area (Å²) in [6, 6.07) is 9.67. The molecule has 0 atom stereocenters. The fraction of sp³-hybridized carbons (Fsp3) is 0.211. The minimum absolute atomic E-state index is 0.0111. The largest absolute Gasteiger partial charge is 0.493 e. The van der Waals surface area contributed by atoms with Crippen LogP contribution in [0.3, 0.4) is 0 Å². The molecule has 0 unspecified atom stereocenters. The van der Waals surface area contributed by atoms with E-state index in [0.717, 1.165) is 6.26 Å². The second-order valence-corrected chi connectivity index (χ2v) is 7.96. The number of aliphatic carboxylic acids is 1. The molecule has 0 amide bonds. The van der Waals surface area contributed by atoms with Crippen molar-refractivity contribution in [3.05, 3.63) is 42.0 Å². The van der Waals surface area contributed by atoms with Crippen molar-refractivity contribution >= 4 is 26.8 Å². The summed E-state index contributed by atoms with van der Waals surface area (Å²) in [7, 11) is -0.672. The zero-order valence-corrected chi connectivity index (χ0v) is 15.8. The topological polar surface area (TPSA) is 103 Å². The maximum atomic E-state index is 12.5. The number of benzene rings is 2. The quantitative estimate of drug-likeness (QED) is 0.689. The molecular weight excluding hydrogens is 372 g/mol. The van der Waals surface area contributed by atoms with Crippen LogP contribution in [0.4, 0.5) is 0 Å². The molecule has 0 fully saturated rings. The van der Waals surface area contributed by atoms with Gasteiger partial charge in [-0.25, -0.2) is 8.42 Å². The van der Waals surface area contributed by atoms with E-state index in [9.17, 15) is 13.2 Å². The molecule has 142 valence electrons. The summed E-state index contributed by atoms with van der Waals surface area (Å²) in [5.74, 6) is 0.100. The Balaban J connectivity index is 2.28. The molecular formula is C19H18O7S. The van der Waals surface area contributed by atoms with Gasteiger partial charge in [-0.3, -0.25) is 4.79 Å². The Kier molecular flexibility index (Phi) is 4.84. The van der Waals surface area contributed by atoms with Gasteiger partial charge in [-0.15, -0.1) is 0 Å². The highest BCUT2D eigenvalue weighted by Crippen LogP contribution is 2.40. The second-order valence-electron chi connectivity index (χ2n) is 6.00. The van der Waals surface area contributed by atoms with Crippen LogP contribution in [0.2, 0.25) is 0 Å². The molecule has 0 aliphatic rings. The monoisotopic (exact) mass is 390 g/mol. The van der Waals surface area contributed by atoms with E-state index in [-0.39, 0.29) is 17.1 Å². The molecule has 0 saturated carbocycles. The summed E-state index contributed by atoms with van der Waals surface area (Å²) in [5.41, 5.74) is 1.35. The Bertz CT molecular complexity index is 1130. The van der Waals surface area contributed by atoms with Crippen LogP contribution in [0.5, 0.6) is 11.5 Å². The standard InChI is InChI=1S/C19H18O7S/c1-24-15-7-5-12(10-16(15)25-2)18-19(27(3,22)23)13-8-11(9-17(20)21)4-6-14(13)26-18/h4-8,10H,9H2,1-3H3,(H,20,21). The molecule has 3 aromatic rings. The normalized spacial score (nSPS) is 11.5. The van der Waals surface area contributed by atoms with Gasteiger partial charge in [0.2, 0.25) is 0 Å². The van der Waals surface area contributed by atoms with Crippen LogP contribution in [0.25, 0.3) is 22.3 Å². The molecule has 8 heteroatoms. The van der Waals surface area contributed by atoms with Crippen molar-refractivity contribution in [2.45, 2.75) is 11.3 Å². The lowest BCUT2D eigenvalue weighted by molar-refractivity contribution is -0.136. The van der Waals surface area contributed by atoms with Gasteiger partial charge in [-0.2, -0.15) is 0 Å². The Morgan fingerprint density at radius 3 is 2.37 bits per heavy atom. The third-order valence-corrected chi connectivity index (χ3v) is 5.23. The predicted octanol–water partition coefficient (Wildman–Crippen LogP) is 3.15. The van der Waals surface area contributed by atoms with E-state index in [2.05, 4.69) is 0 Å². The van der Waals surface area contributed by atoms with Gasteiger partial charge in [0, 0.05) is 17.2 Å². The SMILES string of the molecule is COc1ccc(-c2oc3ccc(CC(=O)O)cc3c2S(C)(=O)=O)cc1OC. The zero-order valence-electron chi connectivity index (χ0n) is 15.0. The van der Waals surface area contributed by atoms with Crippen LogP contribution < -0.4 is 9.47 Å². The minimum atomic E-state index is -3.66. The lowest BCUT2D eigenvalue weighted by Crippen LogP contribution is -2.01. The number of hydrogen-bond acceptors (Lipinski definition) is 6. The van der Waals surface area contributed by atoms with Crippen molar-refractivity contribution in [2.75, 3.05) is 20.5 Å². The van der Waals surface area contributed by atoms with E-state index in [4.69, 9.17) is 19.0 Å². The average molecular weight is 390 g/mol. The highest BCUT2D eigenvalue weighted by atomic mass is 32.2. The summed E-state index contributed by atoms with van der Waals surface area (Å²) >= 11 is 0. The summed E-state index contributed by atoms with van der Waals surface area (Å²) in [5, 5.41) is 9.34. The molecule has 1 heterocycles. The van der Waals surface area contributed by atoms with Crippen LogP contribution >= 0.6 is 0 Å². The average Bonchev–Trinajstić information content (AvgIpc) is 2.99. The Morgan fingerprint density at radius 1 is 1.07 bits per heavy atom. The fourth-order valence-electron chi connectivity index (χ4n) is 2.94. The van der Waals surface area contributed by atoms with Crippen molar-refractivity contribution in [3.8, 4) is 22.8 Å². The molecule has 0 saturated heterocycles. The maximum absolute atomic E-state index is 12.5. The van der Waals surface area contributed by atoms with E-state index in [1.165, 1.54) is 20.3 Å². The number of hydrogen-bond donors (Lipinski definition) is 1. The van der Waals surface area contributed by atoms with Crippen LogP contribution in [0.1, 0.15) is 5.56 Å². The van der Waals surface area contributed by atoms with Gasteiger partial charge >= 0.3 is 5.97 Å². The van der Waals surface area contributed by atoms with Crippen LogP contribution in [0.15, 0.2) is 45.7 Å². The molecule has 0 aliphatic heterocycles. The number of rotatable bonds is 6. The van der Waals surface area contributed by atoms with Gasteiger partial charge in [-0.05, 0) is 35.9 Å². The van der Waals surface area contributed by atoms with E-state index in [0.29, 0.717) is 33.6 Å². The van der Waals surface area contributed by atoms with Gasteiger partial charge in [0.15, 0.2) is 27.1 Å². The second kappa shape index (κ2) is 6.96. The number of sulfone groups is 1. The molecule has 2 aromatic carbocycles. The van der Waals surface area contributed by atoms with Crippen LogP contribution in [-0.2, 0) is 21.1 Å². The molecule has 0 spiro atoms. The fourth-order valence-corrected chi connectivity index (χ4v) is 4.00. The third-order valence-electron chi connectivity index (χ3n) is 4.08. The molecule has 27 heavy (non-hydrogen) atoms. The maximum Gasteiger partial charge on any atom is 0.307 e. The lowest BCUT2D eigenvalue weighted by atomic mass is 10.1. The van der Waals surface area contributed by atoms with Crippen molar-refractivity contribution < 1.29 is 32.2 Å². The van der Waals surface area contributed by atoms with Gasteiger partial charge < -0.3 is 19.0 Å². The number of carboxylic acid groups (broad SMARTS) is 1. The molecule has 7 nitrogen and oxygen atoms in total. The van der Waals surface area contributed by atoms with Crippen molar-refractivity contribution in [3.63, 3.8) is 0 Å². The number of furan rings is 1. The molecule has 1 aromatic heterocycles. The number of fused-ring (bicyclic) bond motifs is 1. The van der Waals surface area contributed by atoms with Gasteiger partial charge in [0.1, 0.15) is 10.5 Å². The van der Waals surface area contributed by atoms with E-state index in [1.807, 2.05) is 0 Å². The van der Waals surface area contributed by atoms with E-state index in [1.54, 1.807) is 30.3 Å². The summed E-state index contributed by atoms with van der Waals surface area (Å²) in [4.78, 5) is 11.0. The summed E-state index contributed by atoms with van der Waals surface area (Å²) in [6.45, 7) is 0. The predicted molar refractivity (Wildman–Crippen MR) is 99.2 cm³/mol.